The Morgan fingerprint density at radius 2 is 1.82 bits per heavy atom. The van der Waals surface area contributed by atoms with Crippen LogP contribution in [0, 0.1) is 6.92 Å². The zero-order valence-corrected chi connectivity index (χ0v) is 19.5. The van der Waals surface area contributed by atoms with Crippen molar-refractivity contribution >= 4 is 39.4 Å². The molecule has 0 aliphatic rings. The molecule has 0 aliphatic carbocycles. The summed E-state index contributed by atoms with van der Waals surface area (Å²) in [5.74, 6) is -1.38. The number of nitrogens with one attached hydrogen (secondary N) is 2. The maximum Gasteiger partial charge on any atom is 0.252 e. The zero-order valence-electron chi connectivity index (χ0n) is 17.9. The highest BCUT2D eigenvalue weighted by Crippen LogP contribution is 2.27. The Bertz CT molecular complexity index is 1300. The summed E-state index contributed by atoms with van der Waals surface area (Å²) in [4.78, 5) is 41.8. The van der Waals surface area contributed by atoms with Gasteiger partial charge in [0.05, 0.1) is 22.6 Å². The Morgan fingerprint density at radius 1 is 1.15 bits per heavy atom. The number of carbonyl (C=O) groups is 3. The first-order chi connectivity index (χ1) is 15.6. The molecule has 0 saturated carbocycles. The van der Waals surface area contributed by atoms with Gasteiger partial charge in [-0.2, -0.15) is 0 Å². The van der Waals surface area contributed by atoms with E-state index in [1.54, 1.807) is 43.3 Å². The lowest BCUT2D eigenvalue weighted by atomic mass is 9.92. The molecule has 3 aromatic rings. The van der Waals surface area contributed by atoms with Crippen LogP contribution in [0.25, 0.3) is 11.1 Å². The van der Waals surface area contributed by atoms with Crippen LogP contribution >= 0.6 is 11.3 Å². The third-order valence-corrected chi connectivity index (χ3v) is 7.04. The van der Waals surface area contributed by atoms with E-state index in [1.165, 1.54) is 29.0 Å². The van der Waals surface area contributed by atoms with Crippen LogP contribution in [0.15, 0.2) is 58.9 Å². The minimum atomic E-state index is -3.36. The lowest BCUT2D eigenvalue weighted by Crippen LogP contribution is -2.59. The Morgan fingerprint density at radius 3 is 2.36 bits per heavy atom. The van der Waals surface area contributed by atoms with Gasteiger partial charge in [-0.3, -0.25) is 14.4 Å². The topological polar surface area (TPSA) is 148 Å². The molecule has 0 bridgehead atoms. The van der Waals surface area contributed by atoms with Crippen LogP contribution in [-0.2, 0) is 25.0 Å². The van der Waals surface area contributed by atoms with E-state index in [4.69, 9.17) is 5.73 Å². The van der Waals surface area contributed by atoms with Crippen molar-refractivity contribution in [2.75, 3.05) is 12.8 Å². The predicted octanol–water partition coefficient (Wildman–Crippen LogP) is 1.38. The molecule has 1 heterocycles. The number of nitrogens with two attached hydrogens (primary N) is 1. The number of amides is 3. The molecule has 4 N–H and O–H groups in total. The summed E-state index contributed by atoms with van der Waals surface area (Å²) in [5, 5.41) is 5.10. The van der Waals surface area contributed by atoms with E-state index in [9.17, 15) is 22.8 Å². The Labute approximate surface area is 195 Å². The third-order valence-electron chi connectivity index (χ3n) is 5.15. The second-order valence-electron chi connectivity index (χ2n) is 7.31. The van der Waals surface area contributed by atoms with E-state index in [0.717, 1.165) is 6.26 Å². The molecule has 1 atom stereocenters. The lowest BCUT2D eigenvalue weighted by Gasteiger charge is -2.29. The van der Waals surface area contributed by atoms with Crippen LogP contribution in [0.5, 0.6) is 0 Å². The monoisotopic (exact) mass is 486 g/mol. The minimum absolute atomic E-state index is 0.165. The standard InChI is InChI=1S/C22H22N4O5S2/c1-14-19(25-13-32-14)22(21(23)29,26-12-27)11-24-20(28)18-6-4-3-5-17(18)15-7-9-16(10-8-15)33(2,30)31/h3-10,12-13H,11H2,1-2H3,(H2,23,29)(H,24,28)(H,26,27). The van der Waals surface area contributed by atoms with Crippen molar-refractivity contribution in [1.29, 1.82) is 0 Å². The fraction of sp³-hybridized carbons (Fsp3) is 0.182. The number of sulfone groups is 1. The number of benzene rings is 2. The van der Waals surface area contributed by atoms with Crippen molar-refractivity contribution in [1.82, 2.24) is 15.6 Å². The second kappa shape index (κ2) is 9.51. The van der Waals surface area contributed by atoms with Crippen LogP contribution in [0.2, 0.25) is 0 Å². The average Bonchev–Trinajstić information content (AvgIpc) is 3.22. The average molecular weight is 487 g/mol. The number of nitrogens with zero attached hydrogens (tertiary/aromatic N) is 1. The highest BCUT2D eigenvalue weighted by atomic mass is 32.2. The van der Waals surface area contributed by atoms with Crippen molar-refractivity contribution in [3.8, 4) is 11.1 Å². The van der Waals surface area contributed by atoms with Crippen molar-refractivity contribution in [2.24, 2.45) is 5.73 Å². The highest BCUT2D eigenvalue weighted by Gasteiger charge is 2.42. The molecule has 0 saturated heterocycles. The van der Waals surface area contributed by atoms with Crippen molar-refractivity contribution in [2.45, 2.75) is 17.4 Å². The molecule has 2 aromatic carbocycles. The molecule has 0 aliphatic heterocycles. The van der Waals surface area contributed by atoms with Gasteiger partial charge in [-0.1, -0.05) is 30.3 Å². The molecule has 0 spiro atoms. The maximum absolute atomic E-state index is 13.1. The largest absolute Gasteiger partial charge is 0.367 e. The predicted molar refractivity (Wildman–Crippen MR) is 124 cm³/mol. The Hall–Kier alpha value is -3.57. The summed E-state index contributed by atoms with van der Waals surface area (Å²) in [7, 11) is -3.36. The smallest absolute Gasteiger partial charge is 0.252 e. The number of hydrogen-bond acceptors (Lipinski definition) is 7. The summed E-state index contributed by atoms with van der Waals surface area (Å²) < 4.78 is 23.5. The van der Waals surface area contributed by atoms with Gasteiger partial charge in [0.2, 0.25) is 6.41 Å². The molecule has 0 radical (unpaired) electrons. The second-order valence-corrected chi connectivity index (χ2v) is 10.4. The SMILES string of the molecule is Cc1scnc1C(CNC(=O)c1ccccc1-c1ccc(S(C)(=O)=O)cc1)(NC=O)C(N)=O. The van der Waals surface area contributed by atoms with E-state index in [0.29, 0.717) is 28.0 Å². The van der Waals surface area contributed by atoms with Crippen LogP contribution in [0.1, 0.15) is 20.9 Å². The van der Waals surface area contributed by atoms with Crippen LogP contribution in [-0.4, -0.2) is 44.4 Å². The summed E-state index contributed by atoms with van der Waals surface area (Å²) >= 11 is 1.28. The van der Waals surface area contributed by atoms with Gasteiger partial charge < -0.3 is 16.4 Å². The Balaban J connectivity index is 1.93. The zero-order chi connectivity index (χ0) is 24.2. The van der Waals surface area contributed by atoms with E-state index in [2.05, 4.69) is 15.6 Å². The van der Waals surface area contributed by atoms with Gasteiger partial charge in [-0.05, 0) is 36.2 Å². The number of thiazole rings is 1. The fourth-order valence-corrected chi connectivity index (χ4v) is 4.70. The summed E-state index contributed by atoms with van der Waals surface area (Å²) in [6.45, 7) is 1.42. The molecule has 11 heteroatoms. The Kier molecular flexibility index (Phi) is 6.94. The van der Waals surface area contributed by atoms with Gasteiger partial charge in [-0.25, -0.2) is 13.4 Å². The van der Waals surface area contributed by atoms with Crippen LogP contribution < -0.4 is 16.4 Å². The van der Waals surface area contributed by atoms with Gasteiger partial charge in [0.15, 0.2) is 15.4 Å². The van der Waals surface area contributed by atoms with Gasteiger partial charge in [-0.15, -0.1) is 11.3 Å². The molecule has 9 nitrogen and oxygen atoms in total. The number of carbonyl (C=O) groups excluding carboxylic acids is 3. The quantitative estimate of drug-likeness (QED) is 0.389. The van der Waals surface area contributed by atoms with Gasteiger partial charge in [0.1, 0.15) is 0 Å². The van der Waals surface area contributed by atoms with Gasteiger partial charge in [0, 0.05) is 16.7 Å². The maximum atomic E-state index is 13.1. The van der Waals surface area contributed by atoms with E-state index in [-0.39, 0.29) is 17.1 Å². The lowest BCUT2D eigenvalue weighted by molar-refractivity contribution is -0.127. The first kappa shape index (κ1) is 24.1. The summed E-state index contributed by atoms with van der Waals surface area (Å²) in [6, 6.07) is 12.9. The molecular formula is C22H22N4O5S2. The van der Waals surface area contributed by atoms with E-state index < -0.39 is 27.2 Å². The van der Waals surface area contributed by atoms with Gasteiger partial charge in [0.25, 0.3) is 11.8 Å². The van der Waals surface area contributed by atoms with Crippen LogP contribution in [0.4, 0.5) is 0 Å². The number of aromatic nitrogens is 1. The number of rotatable bonds is 9. The number of primary amides is 1. The summed E-state index contributed by atoms with van der Waals surface area (Å²) in [5.41, 5.74) is 7.18. The number of hydrogen-bond donors (Lipinski definition) is 3. The molecule has 1 unspecified atom stereocenters. The highest BCUT2D eigenvalue weighted by molar-refractivity contribution is 7.90. The van der Waals surface area contributed by atoms with Crippen molar-refractivity contribution in [3.63, 3.8) is 0 Å². The first-order valence-electron chi connectivity index (χ1n) is 9.69. The summed E-state index contributed by atoms with van der Waals surface area (Å²) in [6.07, 6.45) is 1.46. The normalized spacial score (nSPS) is 13.0. The minimum Gasteiger partial charge on any atom is -0.367 e. The number of aryl methyl sites for hydroxylation is 1. The van der Waals surface area contributed by atoms with E-state index >= 15 is 0 Å². The molecule has 33 heavy (non-hydrogen) atoms. The van der Waals surface area contributed by atoms with Gasteiger partial charge >= 0.3 is 0 Å². The fourth-order valence-electron chi connectivity index (χ4n) is 3.42. The van der Waals surface area contributed by atoms with Crippen LogP contribution in [0.3, 0.4) is 0 Å². The molecule has 1 aromatic heterocycles. The molecule has 3 amide bonds. The third kappa shape index (κ3) is 4.94. The van der Waals surface area contributed by atoms with Crippen molar-refractivity contribution in [3.05, 3.63) is 70.2 Å². The van der Waals surface area contributed by atoms with Crippen molar-refractivity contribution < 1.29 is 22.8 Å². The molecular weight excluding hydrogens is 464 g/mol. The van der Waals surface area contributed by atoms with E-state index in [1.807, 2.05) is 0 Å². The molecule has 0 fully saturated rings. The first-order valence-corrected chi connectivity index (χ1v) is 12.5. The molecule has 172 valence electrons. The molecule has 3 rings (SSSR count).